The molecule has 2 amide bonds. The number of nitrogens with one attached hydrogen (secondary N) is 2. The molecular weight excluding hydrogens is 334 g/mol. The molecule has 0 saturated heterocycles. The summed E-state index contributed by atoms with van der Waals surface area (Å²) >= 11 is 0. The van der Waals surface area contributed by atoms with E-state index in [4.69, 9.17) is 0 Å². The van der Waals surface area contributed by atoms with Gasteiger partial charge in [0, 0.05) is 0 Å². The number of rotatable bonds is 6. The summed E-state index contributed by atoms with van der Waals surface area (Å²) in [6, 6.07) is 16.0. The number of phenolic OH excluding ortho intramolecular Hbond substituents is 1. The molecule has 132 valence electrons. The Morgan fingerprint density at radius 3 is 2.54 bits per heavy atom. The molecule has 0 atom stereocenters. The average molecular weight is 351 g/mol. The number of nitrogens with zero attached hydrogens (tertiary/aromatic N) is 3. The van der Waals surface area contributed by atoms with Gasteiger partial charge in [0.25, 0.3) is 5.91 Å². The van der Waals surface area contributed by atoms with Crippen molar-refractivity contribution in [1.29, 1.82) is 0 Å². The highest BCUT2D eigenvalue weighted by Gasteiger charge is 2.13. The van der Waals surface area contributed by atoms with Gasteiger partial charge in [-0.1, -0.05) is 47.7 Å². The van der Waals surface area contributed by atoms with Gasteiger partial charge in [0.05, 0.1) is 25.0 Å². The molecule has 26 heavy (non-hydrogen) atoms. The number of hydrogen-bond acceptors (Lipinski definition) is 5. The summed E-state index contributed by atoms with van der Waals surface area (Å²) < 4.78 is 1.55. The molecule has 3 rings (SSSR count). The highest BCUT2D eigenvalue weighted by atomic mass is 16.3. The average Bonchev–Trinajstić information content (AvgIpc) is 3.11. The lowest BCUT2D eigenvalue weighted by Gasteiger charge is -2.07. The first-order chi connectivity index (χ1) is 12.6. The molecule has 8 heteroatoms. The van der Waals surface area contributed by atoms with Crippen molar-refractivity contribution in [2.45, 2.75) is 6.54 Å². The normalized spacial score (nSPS) is 10.3. The Labute approximate surface area is 149 Å². The quantitative estimate of drug-likeness (QED) is 0.582. The van der Waals surface area contributed by atoms with Crippen molar-refractivity contribution in [1.82, 2.24) is 20.3 Å². The van der Waals surface area contributed by atoms with E-state index >= 15 is 0 Å². The van der Waals surface area contributed by atoms with E-state index in [1.54, 1.807) is 22.9 Å². The van der Waals surface area contributed by atoms with Crippen molar-refractivity contribution in [3.63, 3.8) is 0 Å². The van der Waals surface area contributed by atoms with Crippen LogP contribution in [0.15, 0.2) is 60.8 Å². The predicted octanol–water partition coefficient (Wildman–Crippen LogP) is 1.40. The first-order valence-electron chi connectivity index (χ1n) is 7.92. The van der Waals surface area contributed by atoms with Gasteiger partial charge in [-0.15, -0.1) is 5.10 Å². The van der Waals surface area contributed by atoms with E-state index in [1.165, 1.54) is 12.3 Å². The molecule has 1 heterocycles. The van der Waals surface area contributed by atoms with E-state index in [1.807, 2.05) is 30.3 Å². The second-order valence-electron chi connectivity index (χ2n) is 5.53. The predicted molar refractivity (Wildman–Crippen MR) is 94.6 cm³/mol. The fourth-order valence-electron chi connectivity index (χ4n) is 2.28. The number of phenols is 1. The molecule has 1 aromatic heterocycles. The van der Waals surface area contributed by atoms with E-state index in [0.29, 0.717) is 6.54 Å². The monoisotopic (exact) mass is 351 g/mol. The lowest BCUT2D eigenvalue weighted by molar-refractivity contribution is -0.115. The minimum Gasteiger partial charge on any atom is -0.506 e. The molecule has 8 nitrogen and oxygen atoms in total. The number of amides is 2. The second-order valence-corrected chi connectivity index (χ2v) is 5.53. The highest BCUT2D eigenvalue weighted by molar-refractivity contribution is 5.98. The molecule has 0 spiro atoms. The zero-order valence-corrected chi connectivity index (χ0v) is 13.8. The van der Waals surface area contributed by atoms with E-state index in [-0.39, 0.29) is 23.7 Å². The number of carbonyl (C=O) groups excluding carboxylic acids is 2. The van der Waals surface area contributed by atoms with Gasteiger partial charge in [-0.2, -0.15) is 0 Å². The lowest BCUT2D eigenvalue weighted by Crippen LogP contribution is -2.33. The summed E-state index contributed by atoms with van der Waals surface area (Å²) in [7, 11) is 0. The zero-order valence-electron chi connectivity index (χ0n) is 13.8. The standard InChI is InChI=1S/C18H17N5O3/c24-16-9-5-4-8-14(16)20-17(25)10-19-18(26)15-12-23(22-21-15)11-13-6-2-1-3-7-13/h1-9,12,24H,10-11H2,(H,19,26)(H,20,25). The summed E-state index contributed by atoms with van der Waals surface area (Å²) in [6.45, 7) is 0.244. The maximum absolute atomic E-state index is 12.1. The van der Waals surface area contributed by atoms with E-state index in [2.05, 4.69) is 20.9 Å². The van der Waals surface area contributed by atoms with Gasteiger partial charge < -0.3 is 15.7 Å². The number of hydrogen-bond donors (Lipinski definition) is 3. The molecule has 3 N–H and O–H groups in total. The fourth-order valence-corrected chi connectivity index (χ4v) is 2.28. The maximum atomic E-state index is 12.1. The Kier molecular flexibility index (Phi) is 5.23. The van der Waals surface area contributed by atoms with Crippen molar-refractivity contribution in [3.05, 3.63) is 72.1 Å². The van der Waals surface area contributed by atoms with Gasteiger partial charge in [-0.25, -0.2) is 4.68 Å². The summed E-state index contributed by atoms with van der Waals surface area (Å²) in [5.41, 5.74) is 1.43. The fraction of sp³-hybridized carbons (Fsp3) is 0.111. The Bertz CT molecular complexity index is 908. The molecule has 3 aromatic rings. The first kappa shape index (κ1) is 17.2. The molecule has 0 radical (unpaired) electrons. The van der Waals surface area contributed by atoms with Gasteiger partial charge in [0.15, 0.2) is 5.69 Å². The summed E-state index contributed by atoms with van der Waals surface area (Å²) in [5.74, 6) is -1.01. The zero-order chi connectivity index (χ0) is 18.4. The molecular formula is C18H17N5O3. The third-order valence-electron chi connectivity index (χ3n) is 3.55. The number of aromatic nitrogens is 3. The van der Waals surface area contributed by atoms with Crippen LogP contribution in [0.1, 0.15) is 16.1 Å². The van der Waals surface area contributed by atoms with E-state index < -0.39 is 11.8 Å². The molecule has 0 unspecified atom stereocenters. The number of para-hydroxylation sites is 2. The lowest BCUT2D eigenvalue weighted by atomic mass is 10.2. The van der Waals surface area contributed by atoms with Gasteiger partial charge in [0.2, 0.25) is 5.91 Å². The molecule has 0 aliphatic carbocycles. The van der Waals surface area contributed by atoms with Crippen LogP contribution >= 0.6 is 0 Å². The van der Waals surface area contributed by atoms with Crippen molar-refractivity contribution in [2.75, 3.05) is 11.9 Å². The smallest absolute Gasteiger partial charge is 0.273 e. The Hall–Kier alpha value is -3.68. The minimum atomic E-state index is -0.503. The Morgan fingerprint density at radius 2 is 1.77 bits per heavy atom. The third kappa shape index (κ3) is 4.44. The van der Waals surface area contributed by atoms with Crippen LogP contribution in [0.5, 0.6) is 5.75 Å². The summed E-state index contributed by atoms with van der Waals surface area (Å²) in [4.78, 5) is 23.9. The number of carbonyl (C=O) groups is 2. The minimum absolute atomic E-state index is 0.0453. The molecule has 0 bridgehead atoms. The molecule has 2 aromatic carbocycles. The van der Waals surface area contributed by atoms with Crippen LogP contribution in [0.2, 0.25) is 0 Å². The molecule has 0 aliphatic heterocycles. The maximum Gasteiger partial charge on any atom is 0.273 e. The highest BCUT2D eigenvalue weighted by Crippen LogP contribution is 2.20. The Balaban J connectivity index is 1.52. The van der Waals surface area contributed by atoms with Crippen LogP contribution < -0.4 is 10.6 Å². The van der Waals surface area contributed by atoms with Crippen LogP contribution in [-0.4, -0.2) is 38.5 Å². The number of benzene rings is 2. The number of anilines is 1. The molecule has 0 fully saturated rings. The van der Waals surface area contributed by atoms with Crippen LogP contribution in [0.3, 0.4) is 0 Å². The Morgan fingerprint density at radius 1 is 1.04 bits per heavy atom. The first-order valence-corrected chi connectivity index (χ1v) is 7.92. The van der Waals surface area contributed by atoms with Gasteiger partial charge in [0.1, 0.15) is 5.75 Å². The molecule has 0 saturated carbocycles. The van der Waals surface area contributed by atoms with Crippen molar-refractivity contribution >= 4 is 17.5 Å². The largest absolute Gasteiger partial charge is 0.506 e. The van der Waals surface area contributed by atoms with Crippen LogP contribution in [-0.2, 0) is 11.3 Å². The second kappa shape index (κ2) is 7.93. The SMILES string of the molecule is O=C(CNC(=O)c1cn(Cc2ccccc2)nn1)Nc1ccccc1O. The molecule has 0 aliphatic rings. The number of aromatic hydroxyl groups is 1. The van der Waals surface area contributed by atoms with Crippen LogP contribution in [0, 0.1) is 0 Å². The summed E-state index contributed by atoms with van der Waals surface area (Å²) in [5, 5.41) is 22.3. The summed E-state index contributed by atoms with van der Waals surface area (Å²) in [6.07, 6.45) is 1.52. The topological polar surface area (TPSA) is 109 Å². The van der Waals surface area contributed by atoms with E-state index in [0.717, 1.165) is 5.56 Å². The van der Waals surface area contributed by atoms with Gasteiger partial charge in [-0.3, -0.25) is 9.59 Å². The van der Waals surface area contributed by atoms with Crippen molar-refractivity contribution < 1.29 is 14.7 Å². The van der Waals surface area contributed by atoms with Gasteiger partial charge in [-0.05, 0) is 17.7 Å². The van der Waals surface area contributed by atoms with Crippen molar-refractivity contribution in [2.24, 2.45) is 0 Å². The van der Waals surface area contributed by atoms with Gasteiger partial charge >= 0.3 is 0 Å². The van der Waals surface area contributed by atoms with Crippen molar-refractivity contribution in [3.8, 4) is 5.75 Å². The van der Waals surface area contributed by atoms with Crippen LogP contribution in [0.4, 0.5) is 5.69 Å². The third-order valence-corrected chi connectivity index (χ3v) is 3.55. The van der Waals surface area contributed by atoms with Crippen LogP contribution in [0.25, 0.3) is 0 Å². The van der Waals surface area contributed by atoms with E-state index in [9.17, 15) is 14.7 Å².